The predicted octanol–water partition coefficient (Wildman–Crippen LogP) is 3.57. The predicted molar refractivity (Wildman–Crippen MR) is 119 cm³/mol. The number of fused-ring (bicyclic) bond motifs is 1. The zero-order valence-electron chi connectivity index (χ0n) is 17.2. The van der Waals surface area contributed by atoms with Crippen molar-refractivity contribution in [3.63, 3.8) is 0 Å². The standard InChI is InChI=1S/C21H23ClN4O4S/c1-26-9-7-14(8-10-26)30-19-12-17-15(11-18(19)29-2)21(24-13-23-17)25-31(27,28)20-6-4-3-5-16(20)22/h3-6,11-14H,7-10H2,1-2H3,(H,23,24,25). The molecule has 3 aromatic rings. The number of anilines is 1. The molecule has 2 heterocycles. The maximum absolute atomic E-state index is 12.9. The molecule has 1 aliphatic rings. The van der Waals surface area contributed by atoms with E-state index in [4.69, 9.17) is 21.1 Å². The van der Waals surface area contributed by atoms with Crippen LogP contribution in [-0.4, -0.2) is 56.6 Å². The molecule has 1 aromatic heterocycles. The quantitative estimate of drug-likeness (QED) is 0.598. The van der Waals surface area contributed by atoms with Gasteiger partial charge in [-0.05, 0) is 38.1 Å². The molecule has 1 N–H and O–H groups in total. The lowest BCUT2D eigenvalue weighted by Crippen LogP contribution is -2.35. The van der Waals surface area contributed by atoms with E-state index in [0.717, 1.165) is 25.9 Å². The normalized spacial score (nSPS) is 15.7. The van der Waals surface area contributed by atoms with Crippen molar-refractivity contribution in [2.75, 3.05) is 32.0 Å². The molecule has 4 rings (SSSR count). The molecule has 1 fully saturated rings. The van der Waals surface area contributed by atoms with Gasteiger partial charge in [-0.25, -0.2) is 18.4 Å². The molecule has 10 heteroatoms. The number of hydrogen-bond donors (Lipinski definition) is 1. The van der Waals surface area contributed by atoms with Crippen molar-refractivity contribution in [3.05, 3.63) is 47.7 Å². The number of halogens is 1. The Hall–Kier alpha value is -2.62. The van der Waals surface area contributed by atoms with E-state index in [9.17, 15) is 8.42 Å². The second-order valence-corrected chi connectivity index (χ2v) is 9.46. The molecule has 2 aromatic carbocycles. The monoisotopic (exact) mass is 462 g/mol. The minimum Gasteiger partial charge on any atom is -0.493 e. The molecule has 8 nitrogen and oxygen atoms in total. The van der Waals surface area contributed by atoms with Gasteiger partial charge in [-0.1, -0.05) is 23.7 Å². The van der Waals surface area contributed by atoms with Crippen molar-refractivity contribution < 1.29 is 17.9 Å². The van der Waals surface area contributed by atoms with Gasteiger partial charge < -0.3 is 14.4 Å². The topological polar surface area (TPSA) is 93.6 Å². The highest BCUT2D eigenvalue weighted by Gasteiger charge is 2.23. The Morgan fingerprint density at radius 1 is 1.13 bits per heavy atom. The molecule has 164 valence electrons. The average molecular weight is 463 g/mol. The summed E-state index contributed by atoms with van der Waals surface area (Å²) in [6.45, 7) is 1.94. The van der Waals surface area contributed by atoms with E-state index in [1.54, 1.807) is 31.4 Å². The van der Waals surface area contributed by atoms with Gasteiger partial charge in [-0.3, -0.25) is 4.72 Å². The molecule has 0 saturated carbocycles. The molecule has 1 aliphatic heterocycles. The van der Waals surface area contributed by atoms with Gasteiger partial charge in [-0.15, -0.1) is 0 Å². The van der Waals surface area contributed by atoms with Crippen LogP contribution in [0.3, 0.4) is 0 Å². The number of hydrogen-bond acceptors (Lipinski definition) is 7. The molecule has 0 spiro atoms. The van der Waals surface area contributed by atoms with Crippen LogP contribution in [0.4, 0.5) is 5.82 Å². The summed E-state index contributed by atoms with van der Waals surface area (Å²) in [6.07, 6.45) is 3.23. The van der Waals surface area contributed by atoms with Crippen molar-refractivity contribution in [1.29, 1.82) is 0 Å². The molecule has 0 aliphatic carbocycles. The molecule has 1 saturated heterocycles. The zero-order valence-corrected chi connectivity index (χ0v) is 18.8. The van der Waals surface area contributed by atoms with E-state index in [1.807, 2.05) is 0 Å². The van der Waals surface area contributed by atoms with Crippen LogP contribution < -0.4 is 14.2 Å². The van der Waals surface area contributed by atoms with Gasteiger partial charge in [0.05, 0.1) is 17.6 Å². The number of methoxy groups -OCH3 is 1. The fourth-order valence-electron chi connectivity index (χ4n) is 3.52. The molecule has 0 atom stereocenters. The molecule has 0 unspecified atom stereocenters. The lowest BCUT2D eigenvalue weighted by Gasteiger charge is -2.29. The number of ether oxygens (including phenoxy) is 2. The van der Waals surface area contributed by atoms with Crippen LogP contribution in [0.5, 0.6) is 11.5 Å². The van der Waals surface area contributed by atoms with Crippen LogP contribution in [0.2, 0.25) is 5.02 Å². The maximum atomic E-state index is 12.9. The highest BCUT2D eigenvalue weighted by atomic mass is 35.5. The van der Waals surface area contributed by atoms with E-state index < -0.39 is 10.0 Å². The fourth-order valence-corrected chi connectivity index (χ4v) is 5.07. The van der Waals surface area contributed by atoms with Crippen LogP contribution in [0, 0.1) is 0 Å². The smallest absolute Gasteiger partial charge is 0.264 e. The van der Waals surface area contributed by atoms with E-state index in [2.05, 4.69) is 26.6 Å². The second-order valence-electron chi connectivity index (χ2n) is 7.40. The number of nitrogens with zero attached hydrogens (tertiary/aromatic N) is 3. The number of rotatable bonds is 6. The van der Waals surface area contributed by atoms with Gasteiger partial charge in [0.2, 0.25) is 0 Å². The summed E-state index contributed by atoms with van der Waals surface area (Å²) in [7, 11) is -0.308. The largest absolute Gasteiger partial charge is 0.493 e. The summed E-state index contributed by atoms with van der Waals surface area (Å²) < 4.78 is 39.9. The van der Waals surface area contributed by atoms with E-state index in [-0.39, 0.29) is 21.8 Å². The number of likely N-dealkylation sites (tertiary alicyclic amines) is 1. The van der Waals surface area contributed by atoms with Crippen LogP contribution >= 0.6 is 11.6 Å². The number of piperidine rings is 1. The van der Waals surface area contributed by atoms with Crippen molar-refractivity contribution in [3.8, 4) is 11.5 Å². The number of aromatic nitrogens is 2. The third-order valence-corrected chi connectivity index (χ3v) is 7.08. The Bertz CT molecular complexity index is 1200. The Kier molecular flexibility index (Phi) is 6.17. The first-order chi connectivity index (χ1) is 14.9. The van der Waals surface area contributed by atoms with Gasteiger partial charge in [0.15, 0.2) is 17.3 Å². The molecular weight excluding hydrogens is 440 g/mol. The van der Waals surface area contributed by atoms with Gasteiger partial charge in [-0.2, -0.15) is 0 Å². The first-order valence-electron chi connectivity index (χ1n) is 9.82. The van der Waals surface area contributed by atoms with Crippen molar-refractivity contribution in [2.24, 2.45) is 0 Å². The van der Waals surface area contributed by atoms with Crippen LogP contribution in [0.25, 0.3) is 10.9 Å². The zero-order chi connectivity index (χ0) is 22.0. The van der Waals surface area contributed by atoms with Crippen LogP contribution in [-0.2, 0) is 10.0 Å². The first-order valence-corrected chi connectivity index (χ1v) is 11.7. The summed E-state index contributed by atoms with van der Waals surface area (Å²) in [5.74, 6) is 1.19. The van der Waals surface area contributed by atoms with E-state index in [1.165, 1.54) is 18.5 Å². The summed E-state index contributed by atoms with van der Waals surface area (Å²) in [4.78, 5) is 10.7. The molecule has 0 bridgehead atoms. The van der Waals surface area contributed by atoms with Gasteiger partial charge in [0.1, 0.15) is 17.3 Å². The van der Waals surface area contributed by atoms with Crippen molar-refractivity contribution >= 4 is 38.3 Å². The van der Waals surface area contributed by atoms with Crippen molar-refractivity contribution in [1.82, 2.24) is 14.9 Å². The minimum absolute atomic E-state index is 0.0300. The summed E-state index contributed by atoms with van der Waals surface area (Å²) in [5, 5.41) is 0.616. The third-order valence-electron chi connectivity index (χ3n) is 5.24. The van der Waals surface area contributed by atoms with Crippen LogP contribution in [0.1, 0.15) is 12.8 Å². The van der Waals surface area contributed by atoms with Gasteiger partial charge in [0.25, 0.3) is 10.0 Å². The lowest BCUT2D eigenvalue weighted by molar-refractivity contribution is 0.111. The fraction of sp³-hybridized carbons (Fsp3) is 0.333. The molecule has 0 amide bonds. The second kappa shape index (κ2) is 8.86. The summed E-state index contributed by atoms with van der Waals surface area (Å²) in [5.41, 5.74) is 0.538. The Labute approximate surface area is 186 Å². The molecule has 0 radical (unpaired) electrons. The van der Waals surface area contributed by atoms with E-state index >= 15 is 0 Å². The van der Waals surface area contributed by atoms with Gasteiger partial charge in [0, 0.05) is 24.5 Å². The van der Waals surface area contributed by atoms with Crippen molar-refractivity contribution in [2.45, 2.75) is 23.8 Å². The third kappa shape index (κ3) is 4.68. The summed E-state index contributed by atoms with van der Waals surface area (Å²) in [6, 6.07) is 9.66. The SMILES string of the molecule is COc1cc2c(NS(=O)(=O)c3ccccc3Cl)ncnc2cc1OC1CCN(C)CC1. The molecule has 31 heavy (non-hydrogen) atoms. The molecular formula is C21H23ClN4O4S. The number of sulfonamides is 1. The Morgan fingerprint density at radius 2 is 1.87 bits per heavy atom. The first kappa shape index (κ1) is 21.6. The van der Waals surface area contributed by atoms with E-state index in [0.29, 0.717) is 22.4 Å². The van der Waals surface area contributed by atoms with Crippen LogP contribution in [0.15, 0.2) is 47.6 Å². The Balaban J connectivity index is 1.67. The highest BCUT2D eigenvalue weighted by Crippen LogP contribution is 2.36. The number of nitrogens with one attached hydrogen (secondary N) is 1. The highest BCUT2D eigenvalue weighted by molar-refractivity contribution is 7.92. The average Bonchev–Trinajstić information content (AvgIpc) is 2.75. The maximum Gasteiger partial charge on any atom is 0.264 e. The van der Waals surface area contributed by atoms with Gasteiger partial charge >= 0.3 is 0 Å². The lowest BCUT2D eigenvalue weighted by atomic mass is 10.1. The minimum atomic E-state index is -3.94. The number of benzene rings is 2. The summed E-state index contributed by atoms with van der Waals surface area (Å²) >= 11 is 6.07. The Morgan fingerprint density at radius 3 is 2.58 bits per heavy atom.